The van der Waals surface area contributed by atoms with Crippen LogP contribution in [0.15, 0.2) is 0 Å². The lowest BCUT2D eigenvalue weighted by Crippen LogP contribution is -2.47. The maximum absolute atomic E-state index is 12.5. The molecule has 2 fully saturated rings. The zero-order valence-electron chi connectivity index (χ0n) is 11.8. The largest absolute Gasteiger partial charge is 0.462 e. The average Bonchev–Trinajstić information content (AvgIpc) is 2.39. The highest BCUT2D eigenvalue weighted by Gasteiger charge is 2.40. The highest BCUT2D eigenvalue weighted by atomic mass is 16.5. The normalized spacial score (nSPS) is 37.2. The number of nitrogens with one attached hydrogen (secondary N) is 1. The SMILES string of the molecule is CCC1(C(=O)OC2CCCC(C)C2)CCCNC1. The van der Waals surface area contributed by atoms with Crippen molar-refractivity contribution in [1.82, 2.24) is 5.32 Å². The molecule has 1 aliphatic heterocycles. The molecule has 2 rings (SSSR count). The molecule has 0 radical (unpaired) electrons. The minimum atomic E-state index is -0.251. The van der Waals surface area contributed by atoms with Crippen LogP contribution in [0.4, 0.5) is 0 Å². The molecule has 18 heavy (non-hydrogen) atoms. The molecule has 1 saturated carbocycles. The molecule has 0 aromatic heterocycles. The Morgan fingerprint density at radius 3 is 2.83 bits per heavy atom. The first kappa shape index (κ1) is 13.9. The van der Waals surface area contributed by atoms with Gasteiger partial charge in [-0.3, -0.25) is 4.79 Å². The Kier molecular flexibility index (Phi) is 4.66. The monoisotopic (exact) mass is 253 g/mol. The zero-order chi connectivity index (χ0) is 13.0. The lowest BCUT2D eigenvalue weighted by molar-refractivity contribution is -0.165. The highest BCUT2D eigenvalue weighted by molar-refractivity contribution is 5.77. The Bertz CT molecular complexity index is 284. The van der Waals surface area contributed by atoms with Crippen LogP contribution in [0.25, 0.3) is 0 Å². The number of hydrogen-bond donors (Lipinski definition) is 1. The van der Waals surface area contributed by atoms with Crippen molar-refractivity contribution in [3.63, 3.8) is 0 Å². The molecular weight excluding hydrogens is 226 g/mol. The topological polar surface area (TPSA) is 38.3 Å². The standard InChI is InChI=1S/C15H27NO2/c1-3-15(8-5-9-16-11-15)14(17)18-13-7-4-6-12(2)10-13/h12-13,16H,3-11H2,1-2H3. The van der Waals surface area contributed by atoms with E-state index in [0.717, 1.165) is 45.2 Å². The number of ether oxygens (including phenoxy) is 1. The Balaban J connectivity index is 1.92. The molecule has 3 unspecified atom stereocenters. The van der Waals surface area contributed by atoms with Crippen LogP contribution in [-0.4, -0.2) is 25.2 Å². The number of hydrogen-bond acceptors (Lipinski definition) is 3. The Labute approximate surface area is 111 Å². The molecule has 1 N–H and O–H groups in total. The maximum Gasteiger partial charge on any atom is 0.313 e. The van der Waals surface area contributed by atoms with Gasteiger partial charge in [0.25, 0.3) is 0 Å². The number of rotatable bonds is 3. The molecule has 0 bridgehead atoms. The summed E-state index contributed by atoms with van der Waals surface area (Å²) in [6, 6.07) is 0. The highest BCUT2D eigenvalue weighted by Crippen LogP contribution is 2.34. The molecule has 0 amide bonds. The summed E-state index contributed by atoms with van der Waals surface area (Å²) in [6.07, 6.45) is 7.74. The van der Waals surface area contributed by atoms with Gasteiger partial charge in [-0.15, -0.1) is 0 Å². The van der Waals surface area contributed by atoms with Gasteiger partial charge in [0, 0.05) is 6.54 Å². The second-order valence-electron chi connectivity index (χ2n) is 6.21. The number of carbonyl (C=O) groups is 1. The third-order valence-electron chi connectivity index (χ3n) is 4.74. The van der Waals surface area contributed by atoms with E-state index < -0.39 is 0 Å². The van der Waals surface area contributed by atoms with Crippen molar-refractivity contribution in [3.8, 4) is 0 Å². The van der Waals surface area contributed by atoms with Crippen molar-refractivity contribution in [3.05, 3.63) is 0 Å². The van der Waals surface area contributed by atoms with Crippen molar-refractivity contribution in [1.29, 1.82) is 0 Å². The molecule has 104 valence electrons. The summed E-state index contributed by atoms with van der Waals surface area (Å²) in [5.74, 6) is 0.759. The smallest absolute Gasteiger partial charge is 0.313 e. The fraction of sp³-hybridized carbons (Fsp3) is 0.933. The first-order chi connectivity index (χ1) is 8.66. The van der Waals surface area contributed by atoms with E-state index in [4.69, 9.17) is 4.74 Å². The fourth-order valence-corrected chi connectivity index (χ4v) is 3.35. The minimum Gasteiger partial charge on any atom is -0.462 e. The summed E-state index contributed by atoms with van der Waals surface area (Å²) in [5.41, 5.74) is -0.251. The quantitative estimate of drug-likeness (QED) is 0.786. The summed E-state index contributed by atoms with van der Waals surface area (Å²) < 4.78 is 5.82. The van der Waals surface area contributed by atoms with Gasteiger partial charge in [-0.2, -0.15) is 0 Å². The molecular formula is C15H27NO2. The van der Waals surface area contributed by atoms with E-state index in [1.54, 1.807) is 0 Å². The van der Waals surface area contributed by atoms with Crippen LogP contribution in [-0.2, 0) is 9.53 Å². The maximum atomic E-state index is 12.5. The van der Waals surface area contributed by atoms with E-state index in [-0.39, 0.29) is 17.5 Å². The molecule has 1 heterocycles. The molecule has 0 spiro atoms. The molecule has 0 aromatic rings. The Morgan fingerprint density at radius 2 is 2.22 bits per heavy atom. The summed E-state index contributed by atoms with van der Waals surface area (Å²) in [6.45, 7) is 6.20. The van der Waals surface area contributed by atoms with Crippen LogP contribution >= 0.6 is 0 Å². The van der Waals surface area contributed by atoms with Gasteiger partial charge < -0.3 is 10.1 Å². The average molecular weight is 253 g/mol. The Morgan fingerprint density at radius 1 is 1.39 bits per heavy atom. The van der Waals surface area contributed by atoms with Crippen molar-refractivity contribution in [2.24, 2.45) is 11.3 Å². The van der Waals surface area contributed by atoms with Gasteiger partial charge in [0.2, 0.25) is 0 Å². The van der Waals surface area contributed by atoms with Gasteiger partial charge in [-0.1, -0.05) is 20.3 Å². The fourth-order valence-electron chi connectivity index (χ4n) is 3.35. The molecule has 0 aromatic carbocycles. The predicted octanol–water partition coefficient (Wildman–Crippen LogP) is 2.89. The van der Waals surface area contributed by atoms with Gasteiger partial charge >= 0.3 is 5.97 Å². The lowest BCUT2D eigenvalue weighted by Gasteiger charge is -2.37. The molecule has 3 atom stereocenters. The van der Waals surface area contributed by atoms with Gasteiger partial charge in [-0.25, -0.2) is 0 Å². The van der Waals surface area contributed by atoms with Crippen LogP contribution in [0, 0.1) is 11.3 Å². The molecule has 3 nitrogen and oxygen atoms in total. The van der Waals surface area contributed by atoms with Gasteiger partial charge in [0.15, 0.2) is 0 Å². The number of piperidine rings is 1. The van der Waals surface area contributed by atoms with Crippen LogP contribution in [0.5, 0.6) is 0 Å². The van der Waals surface area contributed by atoms with E-state index in [1.165, 1.54) is 12.8 Å². The lowest BCUT2D eigenvalue weighted by atomic mass is 9.78. The van der Waals surface area contributed by atoms with Crippen LogP contribution in [0.3, 0.4) is 0 Å². The van der Waals surface area contributed by atoms with E-state index in [0.29, 0.717) is 5.92 Å². The molecule has 1 saturated heterocycles. The van der Waals surface area contributed by atoms with Gasteiger partial charge in [0.05, 0.1) is 5.41 Å². The minimum absolute atomic E-state index is 0.0521. The van der Waals surface area contributed by atoms with Crippen molar-refractivity contribution in [2.75, 3.05) is 13.1 Å². The second-order valence-corrected chi connectivity index (χ2v) is 6.21. The zero-order valence-corrected chi connectivity index (χ0v) is 11.8. The third kappa shape index (κ3) is 3.05. The van der Waals surface area contributed by atoms with Crippen LogP contribution in [0.2, 0.25) is 0 Å². The molecule has 3 heteroatoms. The van der Waals surface area contributed by atoms with Crippen molar-refractivity contribution < 1.29 is 9.53 Å². The molecule has 2 aliphatic rings. The first-order valence-corrected chi connectivity index (χ1v) is 7.58. The summed E-state index contributed by atoms with van der Waals surface area (Å²) in [5, 5.41) is 3.35. The second kappa shape index (κ2) is 6.05. The van der Waals surface area contributed by atoms with E-state index >= 15 is 0 Å². The van der Waals surface area contributed by atoms with E-state index in [2.05, 4.69) is 19.2 Å². The Hall–Kier alpha value is -0.570. The van der Waals surface area contributed by atoms with Gasteiger partial charge in [-0.05, 0) is 51.0 Å². The number of esters is 1. The first-order valence-electron chi connectivity index (χ1n) is 7.58. The summed E-state index contributed by atoms with van der Waals surface area (Å²) >= 11 is 0. The summed E-state index contributed by atoms with van der Waals surface area (Å²) in [7, 11) is 0. The van der Waals surface area contributed by atoms with Crippen molar-refractivity contribution in [2.45, 2.75) is 64.9 Å². The number of carbonyl (C=O) groups excluding carboxylic acids is 1. The predicted molar refractivity (Wildman–Crippen MR) is 72.3 cm³/mol. The van der Waals surface area contributed by atoms with E-state index in [9.17, 15) is 4.79 Å². The van der Waals surface area contributed by atoms with Crippen molar-refractivity contribution >= 4 is 5.97 Å². The van der Waals surface area contributed by atoms with E-state index in [1.807, 2.05) is 0 Å². The van der Waals surface area contributed by atoms with Crippen LogP contribution in [0.1, 0.15) is 58.8 Å². The molecule has 1 aliphatic carbocycles. The summed E-state index contributed by atoms with van der Waals surface area (Å²) in [4.78, 5) is 12.5. The van der Waals surface area contributed by atoms with Gasteiger partial charge in [0.1, 0.15) is 6.10 Å². The van der Waals surface area contributed by atoms with Crippen LogP contribution < -0.4 is 5.32 Å². The third-order valence-corrected chi connectivity index (χ3v) is 4.74.